The summed E-state index contributed by atoms with van der Waals surface area (Å²) in [6.07, 6.45) is 10.3. The van der Waals surface area contributed by atoms with Crippen LogP contribution in [0.3, 0.4) is 0 Å². The van der Waals surface area contributed by atoms with Crippen LogP contribution in [0, 0.1) is 11.8 Å². The Morgan fingerprint density at radius 1 is 1.17 bits per heavy atom. The van der Waals surface area contributed by atoms with Gasteiger partial charge in [-0.05, 0) is 39.0 Å². The van der Waals surface area contributed by atoms with Gasteiger partial charge in [-0.3, -0.25) is 14.4 Å². The molecule has 3 heterocycles. The normalized spacial score (nSPS) is 34.4. The lowest BCUT2D eigenvalue weighted by atomic mass is 9.64. The highest BCUT2D eigenvalue weighted by Crippen LogP contribution is 2.65. The second-order valence-corrected chi connectivity index (χ2v) is 11.2. The van der Waals surface area contributed by atoms with Crippen LogP contribution in [-0.4, -0.2) is 93.6 Å². The summed E-state index contributed by atoms with van der Waals surface area (Å²) < 4.78 is 6.84. The van der Waals surface area contributed by atoms with E-state index in [1.54, 1.807) is 35.9 Å². The number of fused-ring (bicyclic) bond motifs is 1. The molecule has 2 bridgehead atoms. The number of aliphatic hydroxyl groups excluding tert-OH is 1. The number of carbonyl (C=O) groups excluding carboxylic acids is 3. The van der Waals surface area contributed by atoms with Crippen LogP contribution in [0.2, 0.25) is 0 Å². The average molecular weight is 502 g/mol. The summed E-state index contributed by atoms with van der Waals surface area (Å²) in [6, 6.07) is -1.34. The lowest BCUT2D eigenvalue weighted by molar-refractivity contribution is -0.158. The smallest absolute Gasteiger partial charge is 0.248 e. The van der Waals surface area contributed by atoms with E-state index in [1.807, 2.05) is 11.8 Å². The van der Waals surface area contributed by atoms with Crippen LogP contribution in [0.4, 0.5) is 0 Å². The van der Waals surface area contributed by atoms with Crippen LogP contribution in [0.15, 0.2) is 25.3 Å². The van der Waals surface area contributed by atoms with Gasteiger partial charge < -0.3 is 24.5 Å². The van der Waals surface area contributed by atoms with Crippen LogP contribution in [0.1, 0.15) is 65.2 Å². The van der Waals surface area contributed by atoms with Crippen molar-refractivity contribution in [3.05, 3.63) is 25.3 Å². The number of hydrogen-bond acceptors (Lipinski definition) is 5. The molecule has 2 unspecified atom stereocenters. The van der Waals surface area contributed by atoms with E-state index in [9.17, 15) is 19.5 Å². The van der Waals surface area contributed by atoms with Crippen LogP contribution in [0.25, 0.3) is 0 Å². The van der Waals surface area contributed by atoms with Gasteiger partial charge in [0.1, 0.15) is 11.6 Å². The molecule has 8 nitrogen and oxygen atoms in total. The van der Waals surface area contributed by atoms with Crippen LogP contribution >= 0.6 is 0 Å². The first-order valence-electron chi connectivity index (χ1n) is 13.6. The van der Waals surface area contributed by atoms with Crippen LogP contribution in [0.5, 0.6) is 0 Å². The molecule has 8 heteroatoms. The first-order valence-corrected chi connectivity index (χ1v) is 13.6. The number of rotatable bonds is 10. The van der Waals surface area contributed by atoms with Gasteiger partial charge in [0.15, 0.2) is 0 Å². The van der Waals surface area contributed by atoms with Crippen molar-refractivity contribution in [2.75, 3.05) is 26.7 Å². The number of ether oxygens (including phenoxy) is 1. The SMILES string of the molecule is C=CCN(C)C(=O)[C@@H]1[C@H]2C(=O)N([C@H](C)CO)C(C(=O)N(CC=C)C3CCCCC3)C23CC[C@@]1(CC)O3. The second-order valence-electron chi connectivity index (χ2n) is 11.2. The molecule has 1 spiro atoms. The predicted molar refractivity (Wildman–Crippen MR) is 137 cm³/mol. The van der Waals surface area contributed by atoms with E-state index in [4.69, 9.17) is 4.74 Å². The molecule has 0 aromatic rings. The maximum absolute atomic E-state index is 14.5. The zero-order chi connectivity index (χ0) is 26.3. The average Bonchev–Trinajstić information content (AvgIpc) is 3.50. The summed E-state index contributed by atoms with van der Waals surface area (Å²) in [5.74, 6) is -1.94. The third kappa shape index (κ3) is 3.92. The summed E-state index contributed by atoms with van der Waals surface area (Å²) in [5, 5.41) is 10.1. The highest BCUT2D eigenvalue weighted by Gasteiger charge is 2.79. The van der Waals surface area contributed by atoms with Crippen molar-refractivity contribution >= 4 is 17.7 Å². The molecule has 200 valence electrons. The lowest BCUT2D eigenvalue weighted by Crippen LogP contribution is -2.60. The predicted octanol–water partition coefficient (Wildman–Crippen LogP) is 2.51. The summed E-state index contributed by atoms with van der Waals surface area (Å²) in [5.41, 5.74) is -1.84. The van der Waals surface area contributed by atoms with E-state index >= 15 is 0 Å². The molecule has 3 aliphatic heterocycles. The van der Waals surface area contributed by atoms with Crippen molar-refractivity contribution in [1.29, 1.82) is 0 Å². The van der Waals surface area contributed by atoms with Crippen molar-refractivity contribution in [2.45, 2.75) is 94.5 Å². The monoisotopic (exact) mass is 501 g/mol. The molecule has 0 aromatic heterocycles. The van der Waals surface area contributed by atoms with E-state index < -0.39 is 35.1 Å². The number of nitrogens with zero attached hydrogens (tertiary/aromatic N) is 3. The summed E-state index contributed by atoms with van der Waals surface area (Å²) in [4.78, 5) is 47.4. The van der Waals surface area contributed by atoms with Gasteiger partial charge in [0.05, 0.1) is 30.1 Å². The van der Waals surface area contributed by atoms with Crippen molar-refractivity contribution in [3.63, 3.8) is 0 Å². The lowest BCUT2D eigenvalue weighted by Gasteiger charge is -2.42. The minimum atomic E-state index is -1.07. The van der Waals surface area contributed by atoms with Gasteiger partial charge in [0.2, 0.25) is 17.7 Å². The molecular formula is C28H43N3O5. The Bertz CT molecular complexity index is 902. The third-order valence-electron chi connectivity index (χ3n) is 9.26. The van der Waals surface area contributed by atoms with Crippen molar-refractivity contribution in [2.24, 2.45) is 11.8 Å². The van der Waals surface area contributed by atoms with Crippen LogP contribution in [-0.2, 0) is 19.1 Å². The Balaban J connectivity index is 1.80. The molecule has 3 amide bonds. The molecule has 1 saturated carbocycles. The van der Waals surface area contributed by atoms with Gasteiger partial charge >= 0.3 is 0 Å². The quantitative estimate of drug-likeness (QED) is 0.465. The minimum Gasteiger partial charge on any atom is -0.394 e. The van der Waals surface area contributed by atoms with Gasteiger partial charge in [-0.25, -0.2) is 0 Å². The Kier molecular flexibility index (Phi) is 7.68. The van der Waals surface area contributed by atoms with Crippen molar-refractivity contribution in [3.8, 4) is 0 Å². The fraction of sp³-hybridized carbons (Fsp3) is 0.750. The standard InChI is InChI=1S/C28H43N3O5/c1-6-16-29(5)24(33)21-22-25(34)31(19(4)18-32)23(28(22)15-14-27(21,8-3)36-28)26(35)30(17-7-2)20-12-10-9-11-13-20/h6-7,19-23,32H,1-2,8-18H2,3-5H3/t19-,21+,22+,23?,27-,28?/m1/s1. The molecule has 4 rings (SSSR count). The van der Waals surface area contributed by atoms with E-state index in [1.165, 1.54) is 6.42 Å². The maximum Gasteiger partial charge on any atom is 0.248 e. The van der Waals surface area contributed by atoms with E-state index in [2.05, 4.69) is 13.2 Å². The van der Waals surface area contributed by atoms with Gasteiger partial charge in [0.25, 0.3) is 0 Å². The number of hydrogen-bond donors (Lipinski definition) is 1. The Morgan fingerprint density at radius 2 is 1.83 bits per heavy atom. The fourth-order valence-electron chi connectivity index (χ4n) is 7.50. The zero-order valence-corrected chi connectivity index (χ0v) is 22.2. The highest BCUT2D eigenvalue weighted by atomic mass is 16.5. The largest absolute Gasteiger partial charge is 0.394 e. The van der Waals surface area contributed by atoms with E-state index in [-0.39, 0.29) is 30.4 Å². The number of likely N-dealkylation sites (N-methyl/N-ethyl adjacent to an activating group) is 1. The topological polar surface area (TPSA) is 90.4 Å². The van der Waals surface area contributed by atoms with Gasteiger partial charge in [-0.1, -0.05) is 38.3 Å². The molecule has 4 fully saturated rings. The van der Waals surface area contributed by atoms with Crippen LogP contribution < -0.4 is 0 Å². The number of likely N-dealkylation sites (tertiary alicyclic amines) is 1. The fourth-order valence-corrected chi connectivity index (χ4v) is 7.50. The Hall–Kier alpha value is -2.19. The number of aliphatic hydroxyl groups is 1. The zero-order valence-electron chi connectivity index (χ0n) is 22.2. The van der Waals surface area contributed by atoms with Crippen molar-refractivity contribution < 1.29 is 24.2 Å². The summed E-state index contributed by atoms with van der Waals surface area (Å²) >= 11 is 0. The number of amides is 3. The Labute approximate surface area is 215 Å². The van der Waals surface area contributed by atoms with E-state index in [0.29, 0.717) is 32.4 Å². The van der Waals surface area contributed by atoms with Gasteiger partial charge in [0, 0.05) is 26.2 Å². The molecule has 6 atom stereocenters. The van der Waals surface area contributed by atoms with Gasteiger partial charge in [-0.15, -0.1) is 13.2 Å². The summed E-state index contributed by atoms with van der Waals surface area (Å²) in [6.45, 7) is 11.9. The molecule has 0 aromatic carbocycles. The Morgan fingerprint density at radius 3 is 2.42 bits per heavy atom. The molecule has 4 aliphatic rings. The second kappa shape index (κ2) is 10.3. The molecule has 1 N–H and O–H groups in total. The number of carbonyl (C=O) groups is 3. The molecule has 1 aliphatic carbocycles. The third-order valence-corrected chi connectivity index (χ3v) is 9.26. The first-order chi connectivity index (χ1) is 17.2. The van der Waals surface area contributed by atoms with Crippen molar-refractivity contribution in [1.82, 2.24) is 14.7 Å². The molecule has 36 heavy (non-hydrogen) atoms. The maximum atomic E-state index is 14.5. The molecular weight excluding hydrogens is 458 g/mol. The van der Waals surface area contributed by atoms with E-state index in [0.717, 1.165) is 25.7 Å². The minimum absolute atomic E-state index is 0.0935. The highest BCUT2D eigenvalue weighted by molar-refractivity contribution is 5.99. The first kappa shape index (κ1) is 26.9. The summed E-state index contributed by atoms with van der Waals surface area (Å²) in [7, 11) is 1.72. The molecule has 3 saturated heterocycles. The molecule has 0 radical (unpaired) electrons. The van der Waals surface area contributed by atoms with Gasteiger partial charge in [-0.2, -0.15) is 0 Å².